The van der Waals surface area contributed by atoms with E-state index in [4.69, 9.17) is 15.6 Å². The van der Waals surface area contributed by atoms with E-state index in [1.807, 2.05) is 6.92 Å². The molecule has 0 radical (unpaired) electrons. The predicted octanol–water partition coefficient (Wildman–Crippen LogP) is 0.195. The molecular formula is C11H24N2O2. The fourth-order valence-electron chi connectivity index (χ4n) is 2.27. The SMILES string of the molecule is CC1CN(CC(C)(N)CO)CC(C)(C)O1. The van der Waals surface area contributed by atoms with Crippen LogP contribution in [0, 0.1) is 0 Å². The highest BCUT2D eigenvalue weighted by molar-refractivity contribution is 4.88. The van der Waals surface area contributed by atoms with Gasteiger partial charge in [-0.3, -0.25) is 4.90 Å². The molecule has 1 fully saturated rings. The molecule has 0 amide bonds. The summed E-state index contributed by atoms with van der Waals surface area (Å²) in [6.45, 7) is 10.6. The molecule has 3 N–H and O–H groups in total. The van der Waals surface area contributed by atoms with Gasteiger partial charge in [-0.1, -0.05) is 0 Å². The second-order valence-electron chi connectivity index (χ2n) is 5.67. The first kappa shape index (κ1) is 12.9. The third-order valence-electron chi connectivity index (χ3n) is 2.59. The Labute approximate surface area is 92.4 Å². The van der Waals surface area contributed by atoms with E-state index in [0.29, 0.717) is 6.54 Å². The third-order valence-corrected chi connectivity index (χ3v) is 2.59. The van der Waals surface area contributed by atoms with Crippen LogP contribution in [-0.4, -0.2) is 53.5 Å². The van der Waals surface area contributed by atoms with Crippen LogP contribution in [0.1, 0.15) is 27.7 Å². The maximum Gasteiger partial charge on any atom is 0.0757 e. The van der Waals surface area contributed by atoms with E-state index in [9.17, 15) is 0 Å². The Morgan fingerprint density at radius 2 is 2.20 bits per heavy atom. The number of rotatable bonds is 3. The van der Waals surface area contributed by atoms with Gasteiger partial charge in [-0.2, -0.15) is 0 Å². The fourth-order valence-corrected chi connectivity index (χ4v) is 2.27. The van der Waals surface area contributed by atoms with E-state index in [1.165, 1.54) is 0 Å². The molecule has 90 valence electrons. The van der Waals surface area contributed by atoms with Crippen molar-refractivity contribution in [1.29, 1.82) is 0 Å². The smallest absolute Gasteiger partial charge is 0.0757 e. The van der Waals surface area contributed by atoms with E-state index >= 15 is 0 Å². The number of hydrogen-bond donors (Lipinski definition) is 2. The first-order valence-electron chi connectivity index (χ1n) is 5.54. The standard InChI is InChI=1S/C11H24N2O2/c1-9-5-13(6-10(2,3)15-9)7-11(4,12)8-14/h9,14H,5-8,12H2,1-4H3. The first-order chi connectivity index (χ1) is 6.74. The summed E-state index contributed by atoms with van der Waals surface area (Å²) in [5.74, 6) is 0. The molecule has 2 unspecified atom stereocenters. The van der Waals surface area contributed by atoms with Gasteiger partial charge in [0.05, 0.1) is 18.3 Å². The molecule has 4 nitrogen and oxygen atoms in total. The van der Waals surface area contributed by atoms with Crippen LogP contribution in [-0.2, 0) is 4.74 Å². The molecule has 1 aliphatic rings. The number of nitrogens with zero attached hydrogens (tertiary/aromatic N) is 1. The van der Waals surface area contributed by atoms with E-state index in [2.05, 4.69) is 25.7 Å². The number of aliphatic hydroxyl groups is 1. The second kappa shape index (κ2) is 4.37. The molecule has 4 heteroatoms. The van der Waals surface area contributed by atoms with Gasteiger partial charge in [0.1, 0.15) is 0 Å². The van der Waals surface area contributed by atoms with Gasteiger partial charge >= 0.3 is 0 Å². The molecule has 1 rings (SSSR count). The molecule has 1 saturated heterocycles. The molecule has 0 aliphatic carbocycles. The lowest BCUT2D eigenvalue weighted by Crippen LogP contribution is -2.58. The van der Waals surface area contributed by atoms with Crippen LogP contribution in [0.3, 0.4) is 0 Å². The third kappa shape index (κ3) is 4.07. The highest BCUT2D eigenvalue weighted by atomic mass is 16.5. The average Bonchev–Trinajstić information content (AvgIpc) is 1.99. The zero-order chi connectivity index (χ0) is 11.7. The Hall–Kier alpha value is -0.160. The van der Waals surface area contributed by atoms with Crippen molar-refractivity contribution in [1.82, 2.24) is 4.90 Å². The molecule has 0 aromatic carbocycles. The monoisotopic (exact) mass is 216 g/mol. The Balaban J connectivity index is 2.56. The summed E-state index contributed by atoms with van der Waals surface area (Å²) in [4.78, 5) is 2.27. The summed E-state index contributed by atoms with van der Waals surface area (Å²) in [7, 11) is 0. The minimum atomic E-state index is -0.521. The van der Waals surface area contributed by atoms with E-state index in [0.717, 1.165) is 13.1 Å². The highest BCUT2D eigenvalue weighted by Crippen LogP contribution is 2.21. The second-order valence-corrected chi connectivity index (χ2v) is 5.67. The van der Waals surface area contributed by atoms with Crippen LogP contribution in [0.15, 0.2) is 0 Å². The Morgan fingerprint density at radius 1 is 1.60 bits per heavy atom. The fraction of sp³-hybridized carbons (Fsp3) is 1.00. The summed E-state index contributed by atoms with van der Waals surface area (Å²) < 4.78 is 5.81. The van der Waals surface area contributed by atoms with Crippen LogP contribution in [0.25, 0.3) is 0 Å². The normalized spacial score (nSPS) is 31.2. The van der Waals surface area contributed by atoms with Crippen molar-refractivity contribution in [2.45, 2.75) is 44.9 Å². The number of ether oxygens (including phenoxy) is 1. The molecule has 1 heterocycles. The molecule has 0 aromatic heterocycles. The Bertz CT molecular complexity index is 217. The predicted molar refractivity (Wildman–Crippen MR) is 60.7 cm³/mol. The zero-order valence-electron chi connectivity index (χ0n) is 10.3. The summed E-state index contributed by atoms with van der Waals surface area (Å²) in [5, 5.41) is 9.14. The van der Waals surface area contributed by atoms with E-state index in [-0.39, 0.29) is 18.3 Å². The highest BCUT2D eigenvalue weighted by Gasteiger charge is 2.33. The van der Waals surface area contributed by atoms with Crippen molar-refractivity contribution in [3.05, 3.63) is 0 Å². The topological polar surface area (TPSA) is 58.7 Å². The van der Waals surface area contributed by atoms with Crippen molar-refractivity contribution >= 4 is 0 Å². The van der Waals surface area contributed by atoms with Gasteiger partial charge < -0.3 is 15.6 Å². The molecule has 2 atom stereocenters. The number of nitrogens with two attached hydrogens (primary N) is 1. The Morgan fingerprint density at radius 3 is 2.67 bits per heavy atom. The van der Waals surface area contributed by atoms with Crippen LogP contribution >= 0.6 is 0 Å². The molecule has 15 heavy (non-hydrogen) atoms. The minimum Gasteiger partial charge on any atom is -0.394 e. The summed E-state index contributed by atoms with van der Waals surface area (Å²) >= 11 is 0. The van der Waals surface area contributed by atoms with Crippen molar-refractivity contribution in [3.63, 3.8) is 0 Å². The van der Waals surface area contributed by atoms with Gasteiger partial charge in [0, 0.05) is 25.2 Å². The number of morpholine rings is 1. The van der Waals surface area contributed by atoms with Crippen LogP contribution in [0.2, 0.25) is 0 Å². The van der Waals surface area contributed by atoms with Crippen LogP contribution in [0.5, 0.6) is 0 Å². The van der Waals surface area contributed by atoms with Gasteiger partial charge in [0.2, 0.25) is 0 Å². The lowest BCUT2D eigenvalue weighted by molar-refractivity contribution is -0.132. The first-order valence-corrected chi connectivity index (χ1v) is 5.54. The Kier molecular flexibility index (Phi) is 3.76. The van der Waals surface area contributed by atoms with Crippen molar-refractivity contribution < 1.29 is 9.84 Å². The number of hydrogen-bond acceptors (Lipinski definition) is 4. The largest absolute Gasteiger partial charge is 0.394 e. The van der Waals surface area contributed by atoms with Gasteiger partial charge in [0.25, 0.3) is 0 Å². The molecular weight excluding hydrogens is 192 g/mol. The van der Waals surface area contributed by atoms with Gasteiger partial charge in [-0.15, -0.1) is 0 Å². The molecule has 0 bridgehead atoms. The van der Waals surface area contributed by atoms with Crippen molar-refractivity contribution in [2.75, 3.05) is 26.2 Å². The van der Waals surface area contributed by atoms with Crippen molar-refractivity contribution in [3.8, 4) is 0 Å². The zero-order valence-corrected chi connectivity index (χ0v) is 10.3. The lowest BCUT2D eigenvalue weighted by Gasteiger charge is -2.44. The van der Waals surface area contributed by atoms with E-state index < -0.39 is 5.54 Å². The molecule has 1 aliphatic heterocycles. The van der Waals surface area contributed by atoms with E-state index in [1.54, 1.807) is 0 Å². The quantitative estimate of drug-likeness (QED) is 0.707. The molecule has 0 saturated carbocycles. The summed E-state index contributed by atoms with van der Waals surface area (Å²) in [5.41, 5.74) is 5.31. The summed E-state index contributed by atoms with van der Waals surface area (Å²) in [6.07, 6.45) is 0.225. The maximum atomic E-state index is 9.14. The number of aliphatic hydroxyl groups excluding tert-OH is 1. The molecule has 0 spiro atoms. The van der Waals surface area contributed by atoms with Gasteiger partial charge in [-0.05, 0) is 27.7 Å². The molecule has 0 aromatic rings. The lowest BCUT2D eigenvalue weighted by atomic mass is 10.0. The van der Waals surface area contributed by atoms with Crippen LogP contribution in [0.4, 0.5) is 0 Å². The average molecular weight is 216 g/mol. The summed E-state index contributed by atoms with van der Waals surface area (Å²) in [6, 6.07) is 0. The van der Waals surface area contributed by atoms with Crippen LogP contribution < -0.4 is 5.73 Å². The van der Waals surface area contributed by atoms with Gasteiger partial charge in [0.15, 0.2) is 0 Å². The maximum absolute atomic E-state index is 9.14. The van der Waals surface area contributed by atoms with Gasteiger partial charge in [-0.25, -0.2) is 0 Å². The van der Waals surface area contributed by atoms with Crippen molar-refractivity contribution in [2.24, 2.45) is 5.73 Å². The minimum absolute atomic E-state index is 0.0131.